The van der Waals surface area contributed by atoms with Crippen LogP contribution >= 0.6 is 34.8 Å². The second-order valence-corrected chi connectivity index (χ2v) is 13.0. The molecular weight excluding hydrogens is 557 g/mol. The second-order valence-electron chi connectivity index (χ2n) is 9.84. The van der Waals surface area contributed by atoms with Crippen LogP contribution in [0.1, 0.15) is 52.5 Å². The summed E-state index contributed by atoms with van der Waals surface area (Å²) in [5.41, 5.74) is 0.589. The fourth-order valence-corrected chi connectivity index (χ4v) is 5.45. The molecule has 2 amide bonds. The number of benzene rings is 2. The van der Waals surface area contributed by atoms with E-state index in [4.69, 9.17) is 34.8 Å². The first-order valence-electron chi connectivity index (χ1n) is 11.9. The van der Waals surface area contributed by atoms with Gasteiger partial charge in [0.05, 0.1) is 11.9 Å². The molecule has 1 N–H and O–H groups in total. The third kappa shape index (κ3) is 9.67. The molecule has 1 atom stereocenters. The number of nitrogens with zero attached hydrogens (tertiary/aromatic N) is 2. The summed E-state index contributed by atoms with van der Waals surface area (Å²) in [5.74, 6) is -0.563. The van der Waals surface area contributed by atoms with Crippen LogP contribution in [-0.2, 0) is 26.2 Å². The summed E-state index contributed by atoms with van der Waals surface area (Å²) in [5, 5.41) is 4.21. The normalized spacial score (nSPS) is 12.6. The molecule has 0 aliphatic carbocycles. The number of rotatable bonds is 11. The van der Waals surface area contributed by atoms with Crippen LogP contribution in [0.25, 0.3) is 0 Å². The predicted octanol–water partition coefficient (Wildman–Crippen LogP) is 5.92. The van der Waals surface area contributed by atoms with Gasteiger partial charge < -0.3 is 10.2 Å². The zero-order valence-electron chi connectivity index (χ0n) is 21.7. The fraction of sp³-hybridized carbons (Fsp3) is 0.462. The van der Waals surface area contributed by atoms with Crippen LogP contribution in [0.4, 0.5) is 5.69 Å². The molecule has 0 radical (unpaired) electrons. The smallest absolute Gasteiger partial charge is 0.243 e. The van der Waals surface area contributed by atoms with E-state index < -0.39 is 21.6 Å². The first-order valence-corrected chi connectivity index (χ1v) is 14.9. The summed E-state index contributed by atoms with van der Waals surface area (Å²) in [6, 6.07) is 10.8. The van der Waals surface area contributed by atoms with Crippen molar-refractivity contribution in [3.63, 3.8) is 0 Å². The lowest BCUT2D eigenvalue weighted by Crippen LogP contribution is -2.53. The van der Waals surface area contributed by atoms with Crippen molar-refractivity contribution >= 4 is 62.3 Å². The lowest BCUT2D eigenvalue weighted by Gasteiger charge is -2.33. The van der Waals surface area contributed by atoms with Gasteiger partial charge in [0.2, 0.25) is 21.8 Å². The first-order chi connectivity index (χ1) is 17.1. The van der Waals surface area contributed by atoms with Crippen molar-refractivity contribution in [3.8, 4) is 0 Å². The molecule has 2 rings (SSSR count). The van der Waals surface area contributed by atoms with Crippen LogP contribution in [0.2, 0.25) is 15.1 Å². The largest absolute Gasteiger partial charge is 0.350 e. The van der Waals surface area contributed by atoms with E-state index >= 15 is 0 Å². The van der Waals surface area contributed by atoms with Gasteiger partial charge in [0.25, 0.3) is 0 Å². The number of hydrogen-bond acceptors (Lipinski definition) is 4. The standard InChI is InChI=1S/C26H34Cl3N3O4S/c1-6-23(25(34)30-26(2,3)4)31(17-18-12-13-20(28)16-22(18)29)24(33)11-8-14-32(37(5,35)36)21-10-7-9-19(27)15-21/h7,9-10,12-13,15-16,23H,6,8,11,14,17H2,1-5H3,(H,30,34)/t23-/m0/s1. The molecule has 7 nitrogen and oxygen atoms in total. The highest BCUT2D eigenvalue weighted by Gasteiger charge is 2.31. The van der Waals surface area contributed by atoms with Crippen molar-refractivity contribution in [3.05, 3.63) is 63.1 Å². The molecule has 0 aliphatic rings. The van der Waals surface area contributed by atoms with E-state index in [2.05, 4.69) is 5.32 Å². The van der Waals surface area contributed by atoms with Crippen molar-refractivity contribution in [1.29, 1.82) is 0 Å². The summed E-state index contributed by atoms with van der Waals surface area (Å²) in [6.45, 7) is 7.63. The molecule has 0 unspecified atom stereocenters. The number of halogens is 3. The number of amides is 2. The van der Waals surface area contributed by atoms with Gasteiger partial charge in [0.15, 0.2) is 0 Å². The monoisotopic (exact) mass is 589 g/mol. The van der Waals surface area contributed by atoms with Gasteiger partial charge in [-0.2, -0.15) is 0 Å². The molecule has 0 heterocycles. The number of carbonyl (C=O) groups is 2. The maximum Gasteiger partial charge on any atom is 0.243 e. The summed E-state index contributed by atoms with van der Waals surface area (Å²) in [7, 11) is -3.61. The maximum atomic E-state index is 13.5. The van der Waals surface area contributed by atoms with Crippen molar-refractivity contribution in [2.45, 2.75) is 65.1 Å². The Morgan fingerprint density at radius 2 is 1.68 bits per heavy atom. The van der Waals surface area contributed by atoms with Gasteiger partial charge in [-0.25, -0.2) is 8.42 Å². The molecule has 204 valence electrons. The summed E-state index contributed by atoms with van der Waals surface area (Å²) in [4.78, 5) is 28.1. The average molecular weight is 591 g/mol. The number of nitrogens with one attached hydrogen (secondary N) is 1. The minimum Gasteiger partial charge on any atom is -0.350 e. The van der Waals surface area contributed by atoms with Crippen molar-refractivity contribution in [1.82, 2.24) is 10.2 Å². The van der Waals surface area contributed by atoms with Crippen LogP contribution in [0.5, 0.6) is 0 Å². The SMILES string of the molecule is CC[C@@H](C(=O)NC(C)(C)C)N(Cc1ccc(Cl)cc1Cl)C(=O)CCCN(c1cccc(Cl)c1)S(C)(=O)=O. The quantitative estimate of drug-likeness (QED) is 0.352. The molecule has 2 aromatic rings. The molecule has 2 aromatic carbocycles. The molecule has 0 bridgehead atoms. The van der Waals surface area contributed by atoms with Gasteiger partial charge in [-0.05, 0) is 69.5 Å². The van der Waals surface area contributed by atoms with Crippen LogP contribution < -0.4 is 9.62 Å². The molecule has 0 aromatic heterocycles. The minimum atomic E-state index is -3.61. The van der Waals surface area contributed by atoms with E-state index in [1.165, 1.54) is 9.21 Å². The Kier molecular flexibility index (Phi) is 11.1. The minimum absolute atomic E-state index is 0.0249. The van der Waals surface area contributed by atoms with Gasteiger partial charge in [-0.15, -0.1) is 0 Å². The molecule has 0 spiro atoms. The number of carbonyl (C=O) groups excluding carboxylic acids is 2. The van der Waals surface area contributed by atoms with Crippen molar-refractivity contribution < 1.29 is 18.0 Å². The number of hydrogen-bond donors (Lipinski definition) is 1. The van der Waals surface area contributed by atoms with Crippen LogP contribution in [0.3, 0.4) is 0 Å². The zero-order chi connectivity index (χ0) is 28.0. The van der Waals surface area contributed by atoms with E-state index in [0.29, 0.717) is 32.7 Å². The van der Waals surface area contributed by atoms with Gasteiger partial charge in [-0.1, -0.05) is 53.9 Å². The zero-order valence-corrected chi connectivity index (χ0v) is 24.8. The van der Waals surface area contributed by atoms with Gasteiger partial charge >= 0.3 is 0 Å². The van der Waals surface area contributed by atoms with E-state index in [1.807, 2.05) is 27.7 Å². The summed E-state index contributed by atoms with van der Waals surface area (Å²) < 4.78 is 26.1. The maximum absolute atomic E-state index is 13.5. The molecule has 0 saturated carbocycles. The van der Waals surface area contributed by atoms with Crippen LogP contribution in [0.15, 0.2) is 42.5 Å². The molecular formula is C26H34Cl3N3O4S. The Bertz CT molecular complexity index is 1220. The third-order valence-corrected chi connectivity index (χ3v) is 7.50. The molecule has 0 fully saturated rings. The van der Waals surface area contributed by atoms with E-state index in [0.717, 1.165) is 6.26 Å². The van der Waals surface area contributed by atoms with Crippen molar-refractivity contribution in [2.24, 2.45) is 0 Å². The third-order valence-electron chi connectivity index (χ3n) is 5.49. The molecule has 11 heteroatoms. The highest BCUT2D eigenvalue weighted by Crippen LogP contribution is 2.25. The number of sulfonamides is 1. The summed E-state index contributed by atoms with van der Waals surface area (Å²) >= 11 is 18.5. The van der Waals surface area contributed by atoms with Crippen LogP contribution in [-0.4, -0.2) is 49.5 Å². The van der Waals surface area contributed by atoms with Crippen molar-refractivity contribution in [2.75, 3.05) is 17.1 Å². The molecule has 37 heavy (non-hydrogen) atoms. The predicted molar refractivity (Wildman–Crippen MR) is 152 cm³/mol. The van der Waals surface area contributed by atoms with E-state index in [9.17, 15) is 18.0 Å². The lowest BCUT2D eigenvalue weighted by atomic mass is 10.0. The summed E-state index contributed by atoms with van der Waals surface area (Å²) in [6.07, 6.45) is 1.75. The lowest BCUT2D eigenvalue weighted by molar-refractivity contribution is -0.142. The Morgan fingerprint density at radius 1 is 1.03 bits per heavy atom. The van der Waals surface area contributed by atoms with E-state index in [1.54, 1.807) is 42.5 Å². The van der Waals surface area contributed by atoms with E-state index in [-0.39, 0.29) is 37.7 Å². The highest BCUT2D eigenvalue weighted by atomic mass is 35.5. The first kappa shape index (κ1) is 31.2. The van der Waals surface area contributed by atoms with Gasteiger partial charge in [0.1, 0.15) is 6.04 Å². The molecule has 0 saturated heterocycles. The van der Waals surface area contributed by atoms with Gasteiger partial charge in [0, 0.05) is 40.1 Å². The van der Waals surface area contributed by atoms with Crippen LogP contribution in [0, 0.1) is 0 Å². The fourth-order valence-electron chi connectivity index (χ4n) is 3.84. The Morgan fingerprint density at radius 3 is 2.22 bits per heavy atom. The Labute approximate surface area is 235 Å². The molecule has 0 aliphatic heterocycles. The Balaban J connectivity index is 2.28. The Hall–Kier alpha value is -2.00. The number of anilines is 1. The topological polar surface area (TPSA) is 86.8 Å². The average Bonchev–Trinajstić information content (AvgIpc) is 2.75. The van der Waals surface area contributed by atoms with Gasteiger partial charge in [-0.3, -0.25) is 13.9 Å². The second kappa shape index (κ2) is 13.2. The highest BCUT2D eigenvalue weighted by molar-refractivity contribution is 7.92.